The fourth-order valence-corrected chi connectivity index (χ4v) is 4.21. The Labute approximate surface area is 166 Å². The van der Waals surface area contributed by atoms with Gasteiger partial charge < -0.3 is 5.32 Å². The summed E-state index contributed by atoms with van der Waals surface area (Å²) in [7, 11) is 0. The van der Waals surface area contributed by atoms with Gasteiger partial charge in [0.25, 0.3) is 0 Å². The van der Waals surface area contributed by atoms with Crippen molar-refractivity contribution in [2.45, 2.75) is 25.2 Å². The van der Waals surface area contributed by atoms with Gasteiger partial charge >= 0.3 is 0 Å². The molecule has 1 amide bonds. The van der Waals surface area contributed by atoms with Crippen molar-refractivity contribution in [2.75, 3.05) is 6.54 Å². The van der Waals surface area contributed by atoms with Gasteiger partial charge in [0.2, 0.25) is 5.91 Å². The first-order valence-electron chi connectivity index (χ1n) is 9.96. The van der Waals surface area contributed by atoms with Crippen LogP contribution in [-0.4, -0.2) is 12.5 Å². The molecular formula is C26H25NO. The van der Waals surface area contributed by atoms with Crippen LogP contribution in [-0.2, 0) is 10.2 Å². The van der Waals surface area contributed by atoms with Crippen LogP contribution in [0.25, 0.3) is 17.2 Å². The van der Waals surface area contributed by atoms with E-state index in [0.717, 1.165) is 34.2 Å². The molecule has 2 nitrogen and oxygen atoms in total. The van der Waals surface area contributed by atoms with Crippen molar-refractivity contribution in [1.29, 1.82) is 0 Å². The lowest BCUT2D eigenvalue weighted by atomic mass is 9.74. The van der Waals surface area contributed by atoms with Crippen molar-refractivity contribution in [3.05, 3.63) is 102 Å². The highest BCUT2D eigenvalue weighted by Gasteiger charge is 2.47. The Morgan fingerprint density at radius 1 is 0.857 bits per heavy atom. The quantitative estimate of drug-likeness (QED) is 0.605. The van der Waals surface area contributed by atoms with Crippen LogP contribution < -0.4 is 5.32 Å². The number of carbonyl (C=O) groups is 1. The maximum atomic E-state index is 13.5. The molecule has 0 unspecified atom stereocenters. The van der Waals surface area contributed by atoms with Crippen molar-refractivity contribution >= 4 is 12.0 Å². The molecule has 0 spiro atoms. The average Bonchev–Trinajstić information content (AvgIpc) is 3.04. The van der Waals surface area contributed by atoms with Crippen molar-refractivity contribution in [1.82, 2.24) is 5.32 Å². The minimum atomic E-state index is -0.687. The number of nitrogens with one attached hydrogen (secondary N) is 1. The molecule has 0 heterocycles. The lowest BCUT2D eigenvalue weighted by Gasteiger charge is -2.30. The summed E-state index contributed by atoms with van der Waals surface area (Å²) in [4.78, 5) is 13.5. The molecule has 3 aromatic carbocycles. The van der Waals surface area contributed by atoms with Crippen molar-refractivity contribution in [2.24, 2.45) is 0 Å². The maximum absolute atomic E-state index is 13.5. The molecule has 1 N–H and O–H groups in total. The Hall–Kier alpha value is -3.13. The first-order chi connectivity index (χ1) is 13.8. The number of benzene rings is 3. The molecule has 4 rings (SSSR count). The fourth-order valence-electron chi connectivity index (χ4n) is 4.21. The van der Waals surface area contributed by atoms with Gasteiger partial charge in [-0.05, 0) is 40.7 Å². The standard InChI is InChI=1S/C26H25NO/c1-2-19-27-25(28)26(18-10-13-20-11-4-3-5-12-20)23-16-8-6-14-21(23)22-15-7-9-17-24(22)26/h3-17H,2,18-19H2,1H3,(H,27,28)/b13-10+. The normalized spacial score (nSPS) is 13.9. The Morgan fingerprint density at radius 3 is 2.04 bits per heavy atom. The van der Waals surface area contributed by atoms with E-state index in [1.807, 2.05) is 30.3 Å². The Kier molecular flexibility index (Phi) is 5.12. The zero-order valence-electron chi connectivity index (χ0n) is 16.2. The minimum absolute atomic E-state index is 0.0875. The molecule has 2 heteroatoms. The largest absolute Gasteiger partial charge is 0.355 e. The van der Waals surface area contributed by atoms with Crippen LogP contribution in [0.2, 0.25) is 0 Å². The predicted octanol–water partition coefficient (Wildman–Crippen LogP) is 5.58. The highest BCUT2D eigenvalue weighted by molar-refractivity contribution is 6.00. The summed E-state index contributed by atoms with van der Waals surface area (Å²) in [5.74, 6) is 0.0875. The van der Waals surface area contributed by atoms with Gasteiger partial charge in [0.1, 0.15) is 5.41 Å². The third-order valence-corrected chi connectivity index (χ3v) is 5.52. The van der Waals surface area contributed by atoms with Crippen molar-refractivity contribution in [3.8, 4) is 11.1 Å². The van der Waals surface area contributed by atoms with Crippen molar-refractivity contribution in [3.63, 3.8) is 0 Å². The second kappa shape index (κ2) is 7.85. The summed E-state index contributed by atoms with van der Waals surface area (Å²) in [5.41, 5.74) is 4.99. The zero-order valence-corrected chi connectivity index (χ0v) is 16.2. The molecule has 0 radical (unpaired) electrons. The van der Waals surface area contributed by atoms with Gasteiger partial charge in [0.05, 0.1) is 0 Å². The van der Waals surface area contributed by atoms with E-state index in [4.69, 9.17) is 0 Å². The van der Waals surface area contributed by atoms with Gasteiger partial charge in [0, 0.05) is 6.54 Å². The molecule has 140 valence electrons. The smallest absolute Gasteiger partial charge is 0.235 e. The monoisotopic (exact) mass is 367 g/mol. The van der Waals surface area contributed by atoms with Crippen LogP contribution in [0.3, 0.4) is 0 Å². The highest BCUT2D eigenvalue weighted by Crippen LogP contribution is 2.51. The molecular weight excluding hydrogens is 342 g/mol. The van der Waals surface area contributed by atoms with Crippen molar-refractivity contribution < 1.29 is 4.79 Å². The van der Waals surface area contributed by atoms with Crippen LogP contribution in [0.1, 0.15) is 36.5 Å². The lowest BCUT2D eigenvalue weighted by molar-refractivity contribution is -0.125. The second-order valence-electron chi connectivity index (χ2n) is 7.27. The number of rotatable bonds is 6. The Bertz CT molecular complexity index is 958. The van der Waals surface area contributed by atoms with Gasteiger partial charge in [0.15, 0.2) is 0 Å². The summed E-state index contributed by atoms with van der Waals surface area (Å²) < 4.78 is 0. The number of amides is 1. The molecule has 0 atom stereocenters. The van der Waals surface area contributed by atoms with Crippen LogP contribution in [0.4, 0.5) is 0 Å². The van der Waals surface area contributed by atoms with Crippen LogP contribution in [0.15, 0.2) is 84.9 Å². The van der Waals surface area contributed by atoms with Gasteiger partial charge in [-0.1, -0.05) is 97.9 Å². The second-order valence-corrected chi connectivity index (χ2v) is 7.27. The molecule has 28 heavy (non-hydrogen) atoms. The predicted molar refractivity (Wildman–Crippen MR) is 116 cm³/mol. The number of allylic oxidation sites excluding steroid dienone is 1. The first kappa shape index (κ1) is 18.2. The summed E-state index contributed by atoms with van der Waals surface area (Å²) in [6.45, 7) is 2.77. The van der Waals surface area contributed by atoms with Crippen LogP contribution in [0, 0.1) is 0 Å². The number of fused-ring (bicyclic) bond motifs is 3. The summed E-state index contributed by atoms with van der Waals surface area (Å²) in [6, 6.07) is 26.9. The topological polar surface area (TPSA) is 29.1 Å². The van der Waals surface area contributed by atoms with Gasteiger partial charge in [-0.25, -0.2) is 0 Å². The van der Waals surface area contributed by atoms with E-state index < -0.39 is 5.41 Å². The average molecular weight is 367 g/mol. The molecule has 0 saturated heterocycles. The highest BCUT2D eigenvalue weighted by atomic mass is 16.2. The third kappa shape index (κ3) is 3.05. The van der Waals surface area contributed by atoms with Crippen LogP contribution in [0.5, 0.6) is 0 Å². The van der Waals surface area contributed by atoms with Gasteiger partial charge in [-0.3, -0.25) is 4.79 Å². The molecule has 0 fully saturated rings. The third-order valence-electron chi connectivity index (χ3n) is 5.52. The van der Waals surface area contributed by atoms with E-state index in [0.29, 0.717) is 13.0 Å². The minimum Gasteiger partial charge on any atom is -0.355 e. The zero-order chi connectivity index (χ0) is 19.4. The molecule has 1 aliphatic rings. The lowest BCUT2D eigenvalue weighted by Crippen LogP contribution is -2.44. The number of hydrogen-bond donors (Lipinski definition) is 1. The molecule has 1 aliphatic carbocycles. The van der Waals surface area contributed by atoms with Crippen LogP contribution >= 0.6 is 0 Å². The van der Waals surface area contributed by atoms with Gasteiger partial charge in [-0.15, -0.1) is 0 Å². The Balaban J connectivity index is 1.82. The van der Waals surface area contributed by atoms with E-state index in [1.165, 1.54) is 0 Å². The molecule has 0 aliphatic heterocycles. The van der Waals surface area contributed by atoms with E-state index in [-0.39, 0.29) is 5.91 Å². The number of carbonyl (C=O) groups excluding carboxylic acids is 1. The van der Waals surface area contributed by atoms with E-state index >= 15 is 0 Å². The van der Waals surface area contributed by atoms with E-state index in [2.05, 4.69) is 72.9 Å². The maximum Gasteiger partial charge on any atom is 0.235 e. The first-order valence-corrected chi connectivity index (χ1v) is 9.96. The van der Waals surface area contributed by atoms with E-state index in [9.17, 15) is 4.79 Å². The van der Waals surface area contributed by atoms with Gasteiger partial charge in [-0.2, -0.15) is 0 Å². The Morgan fingerprint density at radius 2 is 1.43 bits per heavy atom. The molecule has 0 saturated carbocycles. The molecule has 0 aromatic heterocycles. The molecule has 3 aromatic rings. The SMILES string of the molecule is CCCNC(=O)C1(C/C=C/c2ccccc2)c2ccccc2-c2ccccc21. The summed E-state index contributed by atoms with van der Waals surface area (Å²) in [5, 5.41) is 3.17. The summed E-state index contributed by atoms with van der Waals surface area (Å²) in [6.07, 6.45) is 5.80. The summed E-state index contributed by atoms with van der Waals surface area (Å²) >= 11 is 0. The number of hydrogen-bond acceptors (Lipinski definition) is 1. The fraction of sp³-hybridized carbons (Fsp3) is 0.192. The van der Waals surface area contributed by atoms with E-state index in [1.54, 1.807) is 0 Å². The molecule has 0 bridgehead atoms.